The van der Waals surface area contributed by atoms with Gasteiger partial charge >= 0.3 is 0 Å². The number of likely N-dealkylation sites (tertiary alicyclic amines) is 1. The number of nitrogens with two attached hydrogens (primary N) is 1. The average molecular weight is 225 g/mol. The van der Waals surface area contributed by atoms with Crippen LogP contribution in [0.1, 0.15) is 29.7 Å². The predicted molar refractivity (Wildman–Crippen MR) is 64.0 cm³/mol. The molecule has 0 aromatic carbocycles. The lowest BCUT2D eigenvalue weighted by Gasteiger charge is -2.21. The number of aromatic nitrogens is 1. The van der Waals surface area contributed by atoms with Gasteiger partial charge in [0, 0.05) is 30.1 Å². The minimum Gasteiger partial charge on any atom is -0.326 e. The lowest BCUT2D eigenvalue weighted by Crippen LogP contribution is -2.30. The van der Waals surface area contributed by atoms with Gasteiger partial charge in [-0.15, -0.1) is 11.3 Å². The van der Waals surface area contributed by atoms with Gasteiger partial charge in [-0.25, -0.2) is 4.98 Å². The summed E-state index contributed by atoms with van der Waals surface area (Å²) in [4.78, 5) is 8.19. The van der Waals surface area contributed by atoms with Crippen molar-refractivity contribution in [3.8, 4) is 0 Å². The van der Waals surface area contributed by atoms with E-state index < -0.39 is 0 Å². The van der Waals surface area contributed by atoms with Crippen LogP contribution in [0.2, 0.25) is 0 Å². The number of hydrogen-bond donors (Lipinski definition) is 1. The van der Waals surface area contributed by atoms with Crippen LogP contribution in [0.25, 0.3) is 0 Å². The molecular weight excluding hydrogens is 206 g/mol. The third kappa shape index (κ3) is 2.56. The van der Waals surface area contributed by atoms with Crippen molar-refractivity contribution in [2.24, 2.45) is 5.73 Å². The number of rotatable bonds is 4. The fourth-order valence-corrected chi connectivity index (χ4v) is 3.15. The topological polar surface area (TPSA) is 42.2 Å². The second-order valence-electron chi connectivity index (χ2n) is 4.05. The molecular formula is C11H19N3S. The molecule has 2 N–H and O–H groups in total. The van der Waals surface area contributed by atoms with Gasteiger partial charge in [0.2, 0.25) is 0 Å². The fraction of sp³-hybridized carbons (Fsp3) is 0.727. The average Bonchev–Trinajstić information content (AvgIpc) is 2.87. The van der Waals surface area contributed by atoms with Gasteiger partial charge in [0.1, 0.15) is 0 Å². The van der Waals surface area contributed by atoms with Gasteiger partial charge in [-0.05, 0) is 25.9 Å². The highest BCUT2D eigenvalue weighted by Gasteiger charge is 2.23. The van der Waals surface area contributed by atoms with Crippen molar-refractivity contribution < 1.29 is 0 Å². The molecule has 1 fully saturated rings. The first kappa shape index (κ1) is 11.0. The lowest BCUT2D eigenvalue weighted by atomic mass is 10.1. The molecule has 4 heteroatoms. The van der Waals surface area contributed by atoms with Crippen molar-refractivity contribution in [2.45, 2.75) is 38.8 Å². The second kappa shape index (κ2) is 5.05. The van der Waals surface area contributed by atoms with Crippen molar-refractivity contribution in [3.05, 3.63) is 16.1 Å². The van der Waals surface area contributed by atoms with Gasteiger partial charge in [0.05, 0.1) is 5.01 Å². The molecule has 0 aliphatic carbocycles. The van der Waals surface area contributed by atoms with Gasteiger partial charge in [-0.3, -0.25) is 0 Å². The highest BCUT2D eigenvalue weighted by Crippen LogP contribution is 2.22. The number of likely N-dealkylation sites (N-methyl/N-ethyl adjacent to an activating group) is 1. The Morgan fingerprint density at radius 2 is 2.53 bits per heavy atom. The summed E-state index contributed by atoms with van der Waals surface area (Å²) in [6.07, 6.45) is 5.70. The van der Waals surface area contributed by atoms with Gasteiger partial charge in [0.15, 0.2) is 0 Å². The molecule has 3 nitrogen and oxygen atoms in total. The summed E-state index contributed by atoms with van der Waals surface area (Å²) in [5.74, 6) is 0. The molecule has 2 rings (SSSR count). The van der Waals surface area contributed by atoms with Crippen molar-refractivity contribution in [2.75, 3.05) is 13.1 Å². The van der Waals surface area contributed by atoms with Crippen molar-refractivity contribution >= 4 is 11.3 Å². The van der Waals surface area contributed by atoms with Crippen molar-refractivity contribution in [1.82, 2.24) is 9.88 Å². The second-order valence-corrected chi connectivity index (χ2v) is 5.25. The molecule has 0 spiro atoms. The Morgan fingerprint density at radius 1 is 1.67 bits per heavy atom. The molecule has 1 aliphatic heterocycles. The van der Waals surface area contributed by atoms with E-state index >= 15 is 0 Å². The first-order chi connectivity index (χ1) is 7.33. The number of nitrogens with zero attached hydrogens (tertiary/aromatic N) is 2. The van der Waals surface area contributed by atoms with Gasteiger partial charge in [-0.1, -0.05) is 6.92 Å². The van der Waals surface area contributed by atoms with E-state index in [9.17, 15) is 0 Å². The predicted octanol–water partition coefficient (Wildman–Crippen LogP) is 1.63. The van der Waals surface area contributed by atoms with Gasteiger partial charge in [0.25, 0.3) is 0 Å². The molecule has 1 aromatic heterocycles. The molecule has 0 radical (unpaired) electrons. The molecule has 1 aliphatic rings. The summed E-state index contributed by atoms with van der Waals surface area (Å²) in [5.41, 5.74) is 5.58. The van der Waals surface area contributed by atoms with Crippen LogP contribution >= 0.6 is 11.3 Å². The SMILES string of the molecule is CCN1CCCC1Cc1ncc(CN)s1. The maximum Gasteiger partial charge on any atom is 0.0943 e. The van der Waals surface area contributed by atoms with Crippen LogP contribution in [-0.2, 0) is 13.0 Å². The molecule has 0 saturated carbocycles. The van der Waals surface area contributed by atoms with Crippen LogP contribution in [0.4, 0.5) is 0 Å². The molecule has 0 bridgehead atoms. The Kier molecular flexibility index (Phi) is 3.72. The normalized spacial score (nSPS) is 22.4. The highest BCUT2D eigenvalue weighted by atomic mass is 32.1. The summed E-state index contributed by atoms with van der Waals surface area (Å²) in [6, 6.07) is 0.715. The third-order valence-electron chi connectivity index (χ3n) is 3.12. The maximum atomic E-state index is 5.58. The summed E-state index contributed by atoms with van der Waals surface area (Å²) in [5, 5.41) is 1.25. The Hall–Kier alpha value is -0.450. The standard InChI is InChI=1S/C11H19N3S/c1-2-14-5-3-4-9(14)6-11-13-8-10(7-12)15-11/h8-9H,2-7,12H2,1H3. The first-order valence-electron chi connectivity index (χ1n) is 5.71. The van der Waals surface area contributed by atoms with Crippen LogP contribution in [0, 0.1) is 0 Å². The van der Waals surface area contributed by atoms with E-state index in [0.717, 1.165) is 6.42 Å². The zero-order valence-corrected chi connectivity index (χ0v) is 10.1. The summed E-state index contributed by atoms with van der Waals surface area (Å²) >= 11 is 1.77. The van der Waals surface area contributed by atoms with Crippen LogP contribution in [0.15, 0.2) is 6.20 Å². The number of hydrogen-bond acceptors (Lipinski definition) is 4. The van der Waals surface area contributed by atoms with E-state index in [1.54, 1.807) is 11.3 Å². The Labute approximate surface area is 95.3 Å². The minimum absolute atomic E-state index is 0.625. The van der Waals surface area contributed by atoms with E-state index in [1.165, 1.54) is 35.8 Å². The van der Waals surface area contributed by atoms with E-state index in [-0.39, 0.29) is 0 Å². The zero-order valence-electron chi connectivity index (χ0n) is 9.28. The molecule has 1 aromatic rings. The first-order valence-corrected chi connectivity index (χ1v) is 6.52. The Balaban J connectivity index is 1.95. The highest BCUT2D eigenvalue weighted by molar-refractivity contribution is 7.11. The zero-order chi connectivity index (χ0) is 10.7. The molecule has 1 saturated heterocycles. The van der Waals surface area contributed by atoms with Crippen molar-refractivity contribution in [3.63, 3.8) is 0 Å². The maximum absolute atomic E-state index is 5.58. The van der Waals surface area contributed by atoms with Crippen LogP contribution in [0.3, 0.4) is 0 Å². The summed E-state index contributed by atoms with van der Waals surface area (Å²) < 4.78 is 0. The lowest BCUT2D eigenvalue weighted by molar-refractivity contribution is 0.266. The monoisotopic (exact) mass is 225 g/mol. The van der Waals surface area contributed by atoms with E-state index in [4.69, 9.17) is 5.73 Å². The molecule has 1 atom stereocenters. The van der Waals surface area contributed by atoms with Gasteiger partial charge in [-0.2, -0.15) is 0 Å². The molecule has 84 valence electrons. The largest absolute Gasteiger partial charge is 0.326 e. The number of thiazole rings is 1. The van der Waals surface area contributed by atoms with E-state index in [0.29, 0.717) is 12.6 Å². The van der Waals surface area contributed by atoms with Crippen LogP contribution < -0.4 is 5.73 Å². The Bertz CT molecular complexity index is 311. The molecule has 2 heterocycles. The van der Waals surface area contributed by atoms with E-state index in [1.807, 2.05) is 6.20 Å². The van der Waals surface area contributed by atoms with E-state index in [2.05, 4.69) is 16.8 Å². The summed E-state index contributed by atoms with van der Waals surface area (Å²) in [7, 11) is 0. The van der Waals surface area contributed by atoms with Crippen LogP contribution in [0.5, 0.6) is 0 Å². The quantitative estimate of drug-likeness (QED) is 0.847. The molecule has 15 heavy (non-hydrogen) atoms. The van der Waals surface area contributed by atoms with Crippen LogP contribution in [-0.4, -0.2) is 29.0 Å². The van der Waals surface area contributed by atoms with Gasteiger partial charge < -0.3 is 10.6 Å². The fourth-order valence-electron chi connectivity index (χ4n) is 2.28. The summed E-state index contributed by atoms with van der Waals surface area (Å²) in [6.45, 7) is 5.29. The smallest absolute Gasteiger partial charge is 0.0943 e. The minimum atomic E-state index is 0.625. The molecule has 0 amide bonds. The third-order valence-corrected chi connectivity index (χ3v) is 4.16. The molecule has 1 unspecified atom stereocenters. The van der Waals surface area contributed by atoms with Crippen molar-refractivity contribution in [1.29, 1.82) is 0 Å². The Morgan fingerprint density at radius 3 is 3.20 bits per heavy atom.